The average molecular weight is 283 g/mol. The number of carbonyl (C=O) groups is 3. The SMILES string of the molecule is Cl.N[C@@H](CCCCNC(=O)CCC(=O)O)C(=O)O. The number of nitrogens with two attached hydrogens (primary N) is 1. The number of carbonyl (C=O) groups excluding carboxylic acids is 1. The molecule has 0 aromatic rings. The maximum absolute atomic E-state index is 11.1. The van der Waals surface area contributed by atoms with Gasteiger partial charge in [-0.3, -0.25) is 14.4 Å². The Labute approximate surface area is 111 Å². The second-order valence-corrected chi connectivity index (χ2v) is 3.68. The van der Waals surface area contributed by atoms with E-state index in [0.717, 1.165) is 0 Å². The highest BCUT2D eigenvalue weighted by atomic mass is 35.5. The lowest BCUT2D eigenvalue weighted by molar-refractivity contribution is -0.139. The maximum atomic E-state index is 11.1. The summed E-state index contributed by atoms with van der Waals surface area (Å²) in [4.78, 5) is 31.6. The molecule has 7 nitrogen and oxygen atoms in total. The van der Waals surface area contributed by atoms with E-state index in [4.69, 9.17) is 15.9 Å². The zero-order valence-electron chi connectivity index (χ0n) is 9.92. The minimum absolute atomic E-state index is 0. The van der Waals surface area contributed by atoms with Crippen molar-refractivity contribution in [2.45, 2.75) is 38.1 Å². The average Bonchev–Trinajstić information content (AvgIpc) is 2.25. The highest BCUT2D eigenvalue weighted by Crippen LogP contribution is 1.98. The number of hydrogen-bond donors (Lipinski definition) is 4. The molecular formula is C10H19ClN2O5. The fourth-order valence-corrected chi connectivity index (χ4v) is 1.15. The Morgan fingerprint density at radius 2 is 1.72 bits per heavy atom. The topological polar surface area (TPSA) is 130 Å². The minimum atomic E-state index is -1.03. The number of halogens is 1. The molecule has 0 aliphatic heterocycles. The Morgan fingerprint density at radius 1 is 1.11 bits per heavy atom. The quantitative estimate of drug-likeness (QED) is 0.439. The van der Waals surface area contributed by atoms with Crippen LogP contribution in [0.1, 0.15) is 32.1 Å². The van der Waals surface area contributed by atoms with Gasteiger partial charge in [0.05, 0.1) is 6.42 Å². The summed E-state index contributed by atoms with van der Waals surface area (Å²) in [6, 6.07) is -0.863. The van der Waals surface area contributed by atoms with E-state index in [0.29, 0.717) is 25.8 Å². The van der Waals surface area contributed by atoms with Crippen molar-refractivity contribution in [2.24, 2.45) is 5.73 Å². The van der Waals surface area contributed by atoms with Gasteiger partial charge in [0.1, 0.15) is 6.04 Å². The predicted octanol–water partition coefficient (Wildman–Crippen LogP) is -0.0286. The summed E-state index contributed by atoms with van der Waals surface area (Å²) in [5.41, 5.74) is 5.29. The van der Waals surface area contributed by atoms with Crippen LogP contribution in [0.2, 0.25) is 0 Å². The highest BCUT2D eigenvalue weighted by molar-refractivity contribution is 5.85. The van der Waals surface area contributed by atoms with Gasteiger partial charge in [-0.15, -0.1) is 12.4 Å². The molecule has 0 fully saturated rings. The van der Waals surface area contributed by atoms with Crippen molar-refractivity contribution in [1.29, 1.82) is 0 Å². The van der Waals surface area contributed by atoms with Crippen LogP contribution in [-0.2, 0) is 14.4 Å². The van der Waals surface area contributed by atoms with Gasteiger partial charge in [-0.2, -0.15) is 0 Å². The van der Waals surface area contributed by atoms with Crippen molar-refractivity contribution in [1.82, 2.24) is 5.32 Å². The van der Waals surface area contributed by atoms with Crippen molar-refractivity contribution in [3.8, 4) is 0 Å². The van der Waals surface area contributed by atoms with Crippen LogP contribution in [0.4, 0.5) is 0 Å². The van der Waals surface area contributed by atoms with Gasteiger partial charge in [0, 0.05) is 13.0 Å². The van der Waals surface area contributed by atoms with Crippen LogP contribution in [-0.4, -0.2) is 40.6 Å². The summed E-state index contributed by atoms with van der Waals surface area (Å²) < 4.78 is 0. The monoisotopic (exact) mass is 282 g/mol. The molecule has 0 radical (unpaired) electrons. The van der Waals surface area contributed by atoms with E-state index in [2.05, 4.69) is 5.32 Å². The van der Waals surface area contributed by atoms with E-state index in [-0.39, 0.29) is 31.2 Å². The normalized spacial score (nSPS) is 11.2. The molecule has 8 heteroatoms. The predicted molar refractivity (Wildman–Crippen MR) is 66.6 cm³/mol. The first-order valence-corrected chi connectivity index (χ1v) is 5.40. The lowest BCUT2D eigenvalue weighted by atomic mass is 10.1. The maximum Gasteiger partial charge on any atom is 0.320 e. The molecule has 0 heterocycles. The molecule has 0 spiro atoms. The Hall–Kier alpha value is -1.34. The fourth-order valence-electron chi connectivity index (χ4n) is 1.15. The molecule has 0 rings (SSSR count). The zero-order valence-corrected chi connectivity index (χ0v) is 10.7. The molecule has 1 amide bonds. The Kier molecular flexibility index (Phi) is 11.4. The second kappa shape index (κ2) is 10.8. The van der Waals surface area contributed by atoms with Gasteiger partial charge < -0.3 is 21.3 Å². The van der Waals surface area contributed by atoms with Crippen molar-refractivity contribution >= 4 is 30.3 Å². The third-order valence-corrected chi connectivity index (χ3v) is 2.15. The van der Waals surface area contributed by atoms with E-state index >= 15 is 0 Å². The third kappa shape index (κ3) is 11.2. The molecule has 18 heavy (non-hydrogen) atoms. The Balaban J connectivity index is 0. The first-order valence-electron chi connectivity index (χ1n) is 5.40. The number of unbranched alkanes of at least 4 members (excludes halogenated alkanes) is 1. The number of hydrogen-bond acceptors (Lipinski definition) is 4. The van der Waals surface area contributed by atoms with Crippen LogP contribution < -0.4 is 11.1 Å². The van der Waals surface area contributed by atoms with Gasteiger partial charge in [-0.1, -0.05) is 0 Å². The van der Waals surface area contributed by atoms with Crippen LogP contribution in [0, 0.1) is 0 Å². The number of aliphatic carboxylic acids is 2. The number of nitrogens with one attached hydrogen (secondary N) is 1. The second-order valence-electron chi connectivity index (χ2n) is 3.68. The summed E-state index contributed by atoms with van der Waals surface area (Å²) in [5.74, 6) is -2.35. The van der Waals surface area contributed by atoms with Crippen LogP contribution in [0.15, 0.2) is 0 Å². The molecule has 0 aromatic carbocycles. The number of carboxylic acid groups (broad SMARTS) is 2. The molecule has 0 aliphatic rings. The molecule has 0 aliphatic carbocycles. The van der Waals surface area contributed by atoms with Crippen LogP contribution in [0.5, 0.6) is 0 Å². The first-order chi connectivity index (χ1) is 7.93. The van der Waals surface area contributed by atoms with Crippen LogP contribution >= 0.6 is 12.4 Å². The molecule has 0 bridgehead atoms. The summed E-state index contributed by atoms with van der Waals surface area (Å²) in [6.07, 6.45) is 1.37. The smallest absolute Gasteiger partial charge is 0.320 e. The zero-order chi connectivity index (χ0) is 13.3. The van der Waals surface area contributed by atoms with Gasteiger partial charge in [-0.25, -0.2) is 0 Å². The first kappa shape index (κ1) is 19.0. The van der Waals surface area contributed by atoms with Gasteiger partial charge in [0.15, 0.2) is 0 Å². The molecule has 0 aromatic heterocycles. The molecule has 0 saturated carbocycles. The summed E-state index contributed by atoms with van der Waals surface area (Å²) >= 11 is 0. The van der Waals surface area contributed by atoms with Crippen molar-refractivity contribution in [3.05, 3.63) is 0 Å². The van der Waals surface area contributed by atoms with E-state index < -0.39 is 18.0 Å². The molecule has 106 valence electrons. The molecular weight excluding hydrogens is 264 g/mol. The van der Waals surface area contributed by atoms with Crippen LogP contribution in [0.25, 0.3) is 0 Å². The lowest BCUT2D eigenvalue weighted by Crippen LogP contribution is -2.30. The van der Waals surface area contributed by atoms with Gasteiger partial charge in [-0.05, 0) is 19.3 Å². The van der Waals surface area contributed by atoms with Gasteiger partial charge in [0.2, 0.25) is 5.91 Å². The number of carboxylic acids is 2. The van der Waals surface area contributed by atoms with Crippen molar-refractivity contribution in [2.75, 3.05) is 6.54 Å². The summed E-state index contributed by atoms with van der Waals surface area (Å²) in [5, 5.41) is 19.4. The molecule has 1 atom stereocenters. The third-order valence-electron chi connectivity index (χ3n) is 2.15. The van der Waals surface area contributed by atoms with E-state index in [1.54, 1.807) is 0 Å². The van der Waals surface area contributed by atoms with Gasteiger partial charge in [0.25, 0.3) is 0 Å². The Morgan fingerprint density at radius 3 is 2.22 bits per heavy atom. The summed E-state index contributed by atoms with van der Waals surface area (Å²) in [6.45, 7) is 0.408. The van der Waals surface area contributed by atoms with E-state index in [1.807, 2.05) is 0 Å². The minimum Gasteiger partial charge on any atom is -0.481 e. The largest absolute Gasteiger partial charge is 0.481 e. The lowest BCUT2D eigenvalue weighted by Gasteiger charge is -2.06. The van der Waals surface area contributed by atoms with Gasteiger partial charge >= 0.3 is 11.9 Å². The standard InChI is InChI=1S/C10H18N2O5.ClH/c11-7(10(16)17)3-1-2-6-12-8(13)4-5-9(14)15;/h7H,1-6,11H2,(H,12,13)(H,14,15)(H,16,17);1H/t7-;/m0./s1. The Bertz CT molecular complexity index is 285. The molecule has 5 N–H and O–H groups in total. The fraction of sp³-hybridized carbons (Fsp3) is 0.700. The van der Waals surface area contributed by atoms with E-state index in [1.165, 1.54) is 0 Å². The van der Waals surface area contributed by atoms with Crippen LogP contribution in [0.3, 0.4) is 0 Å². The molecule has 0 saturated heterocycles. The summed E-state index contributed by atoms with van der Waals surface area (Å²) in [7, 11) is 0. The number of amides is 1. The number of rotatable bonds is 9. The highest BCUT2D eigenvalue weighted by Gasteiger charge is 2.10. The molecule has 0 unspecified atom stereocenters. The van der Waals surface area contributed by atoms with Crippen molar-refractivity contribution < 1.29 is 24.6 Å². The van der Waals surface area contributed by atoms with E-state index in [9.17, 15) is 14.4 Å². The van der Waals surface area contributed by atoms with Crippen molar-refractivity contribution in [3.63, 3.8) is 0 Å².